The number of fused-ring (bicyclic) bond motifs is 1. The lowest BCUT2D eigenvalue weighted by atomic mass is 10.00. The topological polar surface area (TPSA) is 83.2 Å². The Balaban J connectivity index is 1.78. The van der Waals surface area contributed by atoms with Crippen LogP contribution in [0.1, 0.15) is 47.4 Å². The van der Waals surface area contributed by atoms with Crippen molar-refractivity contribution in [1.29, 1.82) is 0 Å². The molecule has 1 aliphatic heterocycles. The second kappa shape index (κ2) is 7.46. The summed E-state index contributed by atoms with van der Waals surface area (Å²) < 4.78 is 15.0. The van der Waals surface area contributed by atoms with Gasteiger partial charge in [0.25, 0.3) is 5.91 Å². The number of hydrazone groups is 1. The van der Waals surface area contributed by atoms with Gasteiger partial charge in [0.1, 0.15) is 11.4 Å². The van der Waals surface area contributed by atoms with Crippen LogP contribution in [0, 0.1) is 12.7 Å². The number of nitrogens with one attached hydrogen (secondary N) is 1. The number of aromatic nitrogens is 1. The van der Waals surface area contributed by atoms with Gasteiger partial charge in [-0.15, -0.1) is 5.01 Å². The zero-order chi connectivity index (χ0) is 22.3. The predicted octanol–water partition coefficient (Wildman–Crippen LogP) is 3.67. The number of rotatable bonds is 5. The van der Waals surface area contributed by atoms with E-state index in [1.807, 2.05) is 19.1 Å². The van der Waals surface area contributed by atoms with E-state index in [1.54, 1.807) is 30.5 Å². The van der Waals surface area contributed by atoms with Crippen molar-refractivity contribution in [2.24, 2.45) is 5.10 Å². The molecular formula is C23H21FN4O3. The number of halogens is 1. The largest absolute Gasteiger partial charge is 0.346 e. The summed E-state index contributed by atoms with van der Waals surface area (Å²) in [6.45, 7) is 5.23. The Morgan fingerprint density at radius 2 is 1.90 bits per heavy atom. The first kappa shape index (κ1) is 20.5. The molecule has 0 unspecified atom stereocenters. The maximum absolute atomic E-state index is 13.3. The number of nitrogens with zero attached hydrogens (tertiary/aromatic N) is 3. The lowest BCUT2D eigenvalue weighted by molar-refractivity contribution is -0.130. The first-order chi connectivity index (χ1) is 14.8. The number of carbonyl (C=O) groups is 3. The summed E-state index contributed by atoms with van der Waals surface area (Å²) in [5, 5.41) is 7.61. The van der Waals surface area contributed by atoms with Crippen LogP contribution < -0.4 is 5.32 Å². The fourth-order valence-corrected chi connectivity index (χ4v) is 3.67. The number of benzene rings is 1. The van der Waals surface area contributed by atoms with Crippen LogP contribution in [0.4, 0.5) is 9.18 Å². The number of hydrogen-bond acceptors (Lipinski definition) is 4. The molecule has 1 atom stereocenters. The average molecular weight is 420 g/mol. The van der Waals surface area contributed by atoms with Crippen molar-refractivity contribution >= 4 is 29.5 Å². The highest BCUT2D eigenvalue weighted by Gasteiger charge is 2.46. The standard InChI is InChI=1S/C23H21FN4O3/c1-4-23(3)21(30)28(22(31)26-23)25-13-17-14(2)19(27-12-6-5-7-18(17)27)20(29)15-8-10-16(24)11-9-15/h5-13H,4H2,1-3H3,(H,26,31)/b25-13-/t23-/m1/s1. The quantitative estimate of drug-likeness (QED) is 0.388. The molecule has 0 aliphatic carbocycles. The Bertz CT molecular complexity index is 1250. The van der Waals surface area contributed by atoms with E-state index in [1.165, 1.54) is 30.5 Å². The van der Waals surface area contributed by atoms with Crippen molar-refractivity contribution in [2.45, 2.75) is 32.7 Å². The molecule has 0 saturated carbocycles. The fourth-order valence-electron chi connectivity index (χ4n) is 3.67. The van der Waals surface area contributed by atoms with E-state index in [4.69, 9.17) is 0 Å². The third kappa shape index (κ3) is 3.30. The third-order valence-corrected chi connectivity index (χ3v) is 5.71. The van der Waals surface area contributed by atoms with Gasteiger partial charge in [0.05, 0.1) is 17.4 Å². The second-order valence-electron chi connectivity index (χ2n) is 7.66. The Morgan fingerprint density at radius 1 is 1.19 bits per heavy atom. The number of imide groups is 1. The van der Waals surface area contributed by atoms with Crippen molar-refractivity contribution in [1.82, 2.24) is 14.7 Å². The molecule has 7 nitrogen and oxygen atoms in total. The SMILES string of the molecule is CC[C@@]1(C)NC(=O)N(/N=C\c2c(C)c(C(=O)c3ccc(F)cc3)n3ccccc23)C1=O. The van der Waals surface area contributed by atoms with Crippen LogP contribution in [0.2, 0.25) is 0 Å². The van der Waals surface area contributed by atoms with Gasteiger partial charge < -0.3 is 9.72 Å². The van der Waals surface area contributed by atoms with Crippen LogP contribution >= 0.6 is 0 Å². The van der Waals surface area contributed by atoms with Crippen LogP contribution in [0.15, 0.2) is 53.8 Å². The van der Waals surface area contributed by atoms with Crippen LogP contribution in [0.25, 0.3) is 5.52 Å². The maximum atomic E-state index is 13.3. The van der Waals surface area contributed by atoms with E-state index in [9.17, 15) is 18.8 Å². The zero-order valence-electron chi connectivity index (χ0n) is 17.3. The van der Waals surface area contributed by atoms with Gasteiger partial charge in [0.15, 0.2) is 0 Å². The highest BCUT2D eigenvalue weighted by atomic mass is 19.1. The van der Waals surface area contributed by atoms with Gasteiger partial charge in [0, 0.05) is 17.3 Å². The summed E-state index contributed by atoms with van der Waals surface area (Å²) in [6, 6.07) is 10.2. The molecule has 3 amide bonds. The number of pyridine rings is 1. The molecule has 1 fully saturated rings. The zero-order valence-corrected chi connectivity index (χ0v) is 17.3. The average Bonchev–Trinajstić information content (AvgIpc) is 3.16. The Morgan fingerprint density at radius 3 is 2.55 bits per heavy atom. The van der Waals surface area contributed by atoms with Gasteiger partial charge >= 0.3 is 6.03 Å². The van der Waals surface area contributed by atoms with Crippen LogP contribution in [-0.4, -0.2) is 38.9 Å². The molecule has 1 saturated heterocycles. The van der Waals surface area contributed by atoms with Crippen molar-refractivity contribution in [3.05, 3.63) is 76.9 Å². The minimum atomic E-state index is -0.990. The lowest BCUT2D eigenvalue weighted by Gasteiger charge is -2.17. The monoisotopic (exact) mass is 420 g/mol. The molecule has 4 rings (SSSR count). The molecule has 1 aliphatic rings. The smallest absolute Gasteiger partial charge is 0.322 e. The molecule has 0 spiro atoms. The van der Waals surface area contributed by atoms with Crippen molar-refractivity contribution in [3.8, 4) is 0 Å². The molecule has 31 heavy (non-hydrogen) atoms. The molecule has 2 aromatic heterocycles. The summed E-state index contributed by atoms with van der Waals surface area (Å²) >= 11 is 0. The van der Waals surface area contributed by atoms with Crippen LogP contribution in [-0.2, 0) is 4.79 Å². The van der Waals surface area contributed by atoms with Crippen LogP contribution in [0.5, 0.6) is 0 Å². The minimum absolute atomic E-state index is 0.271. The van der Waals surface area contributed by atoms with Gasteiger partial charge in [0.2, 0.25) is 5.78 Å². The molecule has 0 radical (unpaired) electrons. The maximum Gasteiger partial charge on any atom is 0.346 e. The molecule has 0 bridgehead atoms. The summed E-state index contributed by atoms with van der Waals surface area (Å²) in [5.41, 5.74) is 1.70. The molecule has 158 valence electrons. The van der Waals surface area contributed by atoms with Gasteiger partial charge in [-0.25, -0.2) is 9.18 Å². The van der Waals surface area contributed by atoms with Crippen molar-refractivity contribution in [3.63, 3.8) is 0 Å². The van der Waals surface area contributed by atoms with Gasteiger partial charge in [-0.1, -0.05) is 13.0 Å². The van der Waals surface area contributed by atoms with E-state index >= 15 is 0 Å². The highest BCUT2D eigenvalue weighted by molar-refractivity contribution is 6.12. The molecule has 8 heteroatoms. The predicted molar refractivity (Wildman–Crippen MR) is 114 cm³/mol. The van der Waals surface area contributed by atoms with Gasteiger partial charge in [-0.05, 0) is 62.2 Å². The van der Waals surface area contributed by atoms with E-state index in [2.05, 4.69) is 10.4 Å². The van der Waals surface area contributed by atoms with Gasteiger partial charge in [-0.2, -0.15) is 5.10 Å². The van der Waals surface area contributed by atoms with E-state index in [0.29, 0.717) is 34.3 Å². The highest BCUT2D eigenvalue weighted by Crippen LogP contribution is 2.26. The second-order valence-corrected chi connectivity index (χ2v) is 7.66. The van der Waals surface area contributed by atoms with E-state index < -0.39 is 23.3 Å². The molecule has 3 aromatic rings. The van der Waals surface area contributed by atoms with E-state index in [0.717, 1.165) is 5.01 Å². The molecule has 3 heterocycles. The Labute approximate surface area is 178 Å². The first-order valence-electron chi connectivity index (χ1n) is 9.87. The normalized spacial score (nSPS) is 18.9. The number of carbonyl (C=O) groups excluding carboxylic acids is 3. The van der Waals surface area contributed by atoms with Crippen LogP contribution in [0.3, 0.4) is 0 Å². The van der Waals surface area contributed by atoms with Crippen molar-refractivity contribution in [2.75, 3.05) is 0 Å². The lowest BCUT2D eigenvalue weighted by Crippen LogP contribution is -2.42. The number of amides is 3. The summed E-state index contributed by atoms with van der Waals surface area (Å²) in [4.78, 5) is 38.0. The van der Waals surface area contributed by atoms with Crippen molar-refractivity contribution < 1.29 is 18.8 Å². The molecule has 1 aromatic carbocycles. The minimum Gasteiger partial charge on any atom is -0.322 e. The number of hydrogen-bond donors (Lipinski definition) is 1. The van der Waals surface area contributed by atoms with E-state index in [-0.39, 0.29) is 5.78 Å². The molecular weight excluding hydrogens is 399 g/mol. The molecule has 1 N–H and O–H groups in total. The first-order valence-corrected chi connectivity index (χ1v) is 9.87. The Kier molecular flexibility index (Phi) is 4.93. The third-order valence-electron chi connectivity index (χ3n) is 5.71. The Hall–Kier alpha value is -3.81. The summed E-state index contributed by atoms with van der Waals surface area (Å²) in [7, 11) is 0. The fraction of sp³-hybridized carbons (Fsp3) is 0.217. The number of ketones is 1. The number of urea groups is 1. The summed E-state index contributed by atoms with van der Waals surface area (Å²) in [6.07, 6.45) is 3.61. The van der Waals surface area contributed by atoms with Gasteiger partial charge in [-0.3, -0.25) is 9.59 Å². The summed E-state index contributed by atoms with van der Waals surface area (Å²) in [5.74, 6) is -1.12.